The van der Waals surface area contributed by atoms with Gasteiger partial charge in [-0.15, -0.1) is 0 Å². The Morgan fingerprint density at radius 3 is 2.41 bits per heavy atom. The van der Waals surface area contributed by atoms with E-state index in [1.807, 2.05) is 35.8 Å². The molecule has 0 spiro atoms. The topological polar surface area (TPSA) is 93.1 Å². The minimum Gasteiger partial charge on any atom is -0.427 e. The molecule has 1 aliphatic heterocycles. The molecule has 10 heteroatoms. The fourth-order valence-electron chi connectivity index (χ4n) is 6.04. The van der Waals surface area contributed by atoms with Crippen LogP contribution in [0.1, 0.15) is 73.3 Å². The molecule has 2 aromatic carbocycles. The number of piperazine rings is 1. The summed E-state index contributed by atoms with van der Waals surface area (Å²) in [6.07, 6.45) is 2.47. The number of hydrogen-bond donors (Lipinski definition) is 1. The number of halogens is 1. The second kappa shape index (κ2) is 13.4. The van der Waals surface area contributed by atoms with E-state index in [9.17, 15) is 18.8 Å². The third-order valence-electron chi connectivity index (χ3n) is 9.30. The molecule has 1 unspecified atom stereocenters. The lowest BCUT2D eigenvalue weighted by molar-refractivity contribution is -0.174. The minimum absolute atomic E-state index is 0.0477. The molecule has 46 heavy (non-hydrogen) atoms. The first-order valence-corrected chi connectivity index (χ1v) is 16.2. The number of benzene rings is 2. The number of anilines is 1. The van der Waals surface area contributed by atoms with E-state index < -0.39 is 24.1 Å². The highest BCUT2D eigenvalue weighted by Crippen LogP contribution is 2.38. The van der Waals surface area contributed by atoms with Gasteiger partial charge in [-0.25, -0.2) is 4.39 Å². The number of aryl methyl sites for hydroxylation is 2. The Hall–Kier alpha value is -3.92. The lowest BCUT2D eigenvalue weighted by Crippen LogP contribution is -2.54. The van der Waals surface area contributed by atoms with Crippen LogP contribution in [0.25, 0.3) is 10.9 Å². The van der Waals surface area contributed by atoms with Gasteiger partial charge in [0.15, 0.2) is 0 Å². The molecule has 1 atom stereocenters. The van der Waals surface area contributed by atoms with Crippen LogP contribution in [-0.2, 0) is 32.2 Å². The number of hydrogen-bond acceptors (Lipinski definition) is 7. The molecule has 1 N–H and O–H groups in total. The predicted molar refractivity (Wildman–Crippen MR) is 176 cm³/mol. The molecule has 1 amide bonds. The maximum absolute atomic E-state index is 14.0. The summed E-state index contributed by atoms with van der Waals surface area (Å²) in [4.78, 5) is 42.2. The molecular weight excluding hydrogens is 587 g/mol. The van der Waals surface area contributed by atoms with Crippen molar-refractivity contribution in [2.45, 2.75) is 80.4 Å². The highest BCUT2D eigenvalue weighted by Gasteiger charge is 2.31. The highest BCUT2D eigenvalue weighted by molar-refractivity contribution is 6.04. The number of carbonyl (C=O) groups excluding carboxylic acids is 3. The third kappa shape index (κ3) is 7.54. The van der Waals surface area contributed by atoms with Gasteiger partial charge in [0.05, 0.1) is 23.2 Å². The Kier molecular flexibility index (Phi) is 9.77. The number of aromatic nitrogens is 1. The number of esters is 2. The van der Waals surface area contributed by atoms with E-state index in [1.54, 1.807) is 32.9 Å². The number of amides is 1. The smallest absolute Gasteiger partial charge is 0.323 e. The Morgan fingerprint density at radius 2 is 1.76 bits per heavy atom. The van der Waals surface area contributed by atoms with E-state index in [-0.39, 0.29) is 24.3 Å². The summed E-state index contributed by atoms with van der Waals surface area (Å²) < 4.78 is 26.4. The number of ether oxygens (including phenoxy) is 2. The summed E-state index contributed by atoms with van der Waals surface area (Å²) in [5.41, 5.74) is 6.16. The number of nitrogens with one attached hydrogen (secondary N) is 1. The van der Waals surface area contributed by atoms with Gasteiger partial charge in [0.25, 0.3) is 5.91 Å². The zero-order chi connectivity index (χ0) is 33.3. The van der Waals surface area contributed by atoms with E-state index >= 15 is 0 Å². The normalized spacial score (nSPS) is 17.3. The van der Waals surface area contributed by atoms with Crippen molar-refractivity contribution in [2.24, 2.45) is 11.3 Å². The fourth-order valence-corrected chi connectivity index (χ4v) is 6.04. The van der Waals surface area contributed by atoms with Crippen LogP contribution in [0.3, 0.4) is 0 Å². The molecule has 2 heterocycles. The van der Waals surface area contributed by atoms with E-state index in [4.69, 9.17) is 9.47 Å². The van der Waals surface area contributed by atoms with Gasteiger partial charge < -0.3 is 24.3 Å². The van der Waals surface area contributed by atoms with Gasteiger partial charge in [0.2, 0.25) is 6.79 Å². The van der Waals surface area contributed by atoms with Crippen LogP contribution in [-0.4, -0.2) is 71.2 Å². The summed E-state index contributed by atoms with van der Waals surface area (Å²) in [7, 11) is 0. The second-order valence-electron chi connectivity index (χ2n) is 14.0. The second-order valence-corrected chi connectivity index (χ2v) is 14.0. The lowest BCUT2D eigenvalue weighted by Gasteiger charge is -2.39. The van der Waals surface area contributed by atoms with Crippen molar-refractivity contribution in [3.63, 3.8) is 0 Å². The van der Waals surface area contributed by atoms with Crippen molar-refractivity contribution >= 4 is 34.4 Å². The molecule has 3 aromatic rings. The minimum atomic E-state index is -0.676. The Labute approximate surface area is 271 Å². The summed E-state index contributed by atoms with van der Waals surface area (Å²) in [6, 6.07) is 8.72. The van der Waals surface area contributed by atoms with Crippen molar-refractivity contribution in [3.05, 3.63) is 64.1 Å². The highest BCUT2D eigenvalue weighted by atomic mass is 19.1. The molecule has 2 fully saturated rings. The van der Waals surface area contributed by atoms with E-state index in [0.717, 1.165) is 39.8 Å². The summed E-state index contributed by atoms with van der Waals surface area (Å²) in [6.45, 7) is 15.9. The molecule has 1 saturated carbocycles. The van der Waals surface area contributed by atoms with Gasteiger partial charge in [0.1, 0.15) is 5.82 Å². The zero-order valence-corrected chi connectivity index (χ0v) is 28.2. The van der Waals surface area contributed by atoms with Crippen molar-refractivity contribution < 1.29 is 28.2 Å². The average molecular weight is 635 g/mol. The van der Waals surface area contributed by atoms with Crippen molar-refractivity contribution in [3.8, 4) is 0 Å². The summed E-state index contributed by atoms with van der Waals surface area (Å²) in [5.74, 6) is -0.553. The van der Waals surface area contributed by atoms with Crippen LogP contribution >= 0.6 is 0 Å². The average Bonchev–Trinajstić information content (AvgIpc) is 3.79. The first-order valence-electron chi connectivity index (χ1n) is 16.2. The number of fused-ring (bicyclic) bond motifs is 1. The van der Waals surface area contributed by atoms with Crippen LogP contribution in [0.15, 0.2) is 30.3 Å². The molecule has 1 aromatic heterocycles. The Morgan fingerprint density at radius 1 is 1.02 bits per heavy atom. The number of rotatable bonds is 10. The SMILES string of the molecule is Cc1cc(F)ccc1CNc1cc(C(=O)N2CCN(CC(=O)OCOC(=O)C(C)(C)C)C(C)C2)cc2c(C)c(C)n(CC3CC3)c12. The van der Waals surface area contributed by atoms with Crippen molar-refractivity contribution in [1.29, 1.82) is 0 Å². The monoisotopic (exact) mass is 634 g/mol. The van der Waals surface area contributed by atoms with Gasteiger partial charge in [-0.2, -0.15) is 0 Å². The molecule has 0 radical (unpaired) electrons. The van der Waals surface area contributed by atoms with Crippen molar-refractivity contribution in [1.82, 2.24) is 14.4 Å². The van der Waals surface area contributed by atoms with Crippen LogP contribution in [0.5, 0.6) is 0 Å². The maximum atomic E-state index is 14.0. The van der Waals surface area contributed by atoms with Crippen LogP contribution < -0.4 is 5.32 Å². The largest absolute Gasteiger partial charge is 0.427 e. The standard InChI is InChI=1S/C36H47FN4O5/c1-22-14-29(37)11-10-27(22)17-38-31-16-28(15-30-24(3)25(4)41(33(30)31)19-26-8-9-26)34(43)40-13-12-39(23(2)18-40)20-32(42)45-21-46-35(44)36(5,6)7/h10-11,14-16,23,26,38H,8-9,12-13,17-21H2,1-7H3. The van der Waals surface area contributed by atoms with Crippen LogP contribution in [0.4, 0.5) is 10.1 Å². The molecule has 5 rings (SSSR count). The fraction of sp³-hybridized carbons (Fsp3) is 0.528. The molecule has 2 aliphatic rings. The maximum Gasteiger partial charge on any atom is 0.323 e. The van der Waals surface area contributed by atoms with Gasteiger partial charge in [-0.3, -0.25) is 19.3 Å². The number of carbonyl (C=O) groups is 3. The van der Waals surface area contributed by atoms with E-state index in [2.05, 4.69) is 23.7 Å². The summed E-state index contributed by atoms with van der Waals surface area (Å²) in [5, 5.41) is 4.66. The molecule has 0 bridgehead atoms. The van der Waals surface area contributed by atoms with Crippen molar-refractivity contribution in [2.75, 3.05) is 38.3 Å². The van der Waals surface area contributed by atoms with E-state index in [0.29, 0.717) is 37.7 Å². The zero-order valence-electron chi connectivity index (χ0n) is 28.2. The van der Waals surface area contributed by atoms with Crippen LogP contribution in [0, 0.1) is 37.9 Å². The summed E-state index contributed by atoms with van der Waals surface area (Å²) >= 11 is 0. The Bertz CT molecular complexity index is 1640. The van der Waals surface area contributed by atoms with Gasteiger partial charge in [-0.05, 0) is 108 Å². The Balaban J connectivity index is 1.31. The first kappa shape index (κ1) is 33.4. The van der Waals surface area contributed by atoms with Crippen LogP contribution in [0.2, 0.25) is 0 Å². The molecule has 248 valence electrons. The predicted octanol–water partition coefficient (Wildman–Crippen LogP) is 5.96. The van der Waals surface area contributed by atoms with Gasteiger partial charge in [0, 0.05) is 55.4 Å². The van der Waals surface area contributed by atoms with Gasteiger partial charge >= 0.3 is 11.9 Å². The number of nitrogens with zero attached hydrogens (tertiary/aromatic N) is 3. The molecule has 1 aliphatic carbocycles. The van der Waals surface area contributed by atoms with E-state index in [1.165, 1.54) is 24.6 Å². The lowest BCUT2D eigenvalue weighted by atomic mass is 9.98. The van der Waals surface area contributed by atoms with Gasteiger partial charge in [-0.1, -0.05) is 6.07 Å². The third-order valence-corrected chi connectivity index (χ3v) is 9.30. The quantitative estimate of drug-likeness (QED) is 0.217. The molecule has 9 nitrogen and oxygen atoms in total. The molecule has 1 saturated heterocycles. The first-order chi connectivity index (χ1) is 21.7. The molecular formula is C36H47FN4O5.